The first-order valence-electron chi connectivity index (χ1n) is 11.7. The molecule has 2 aromatic carbocycles. The summed E-state index contributed by atoms with van der Waals surface area (Å²) in [6, 6.07) is 20.1. The number of nitrogens with one attached hydrogen (secondary N) is 3. The van der Waals surface area contributed by atoms with Crippen molar-refractivity contribution in [2.75, 3.05) is 18.4 Å². The van der Waals surface area contributed by atoms with Crippen LogP contribution in [-0.4, -0.2) is 39.8 Å². The molecule has 2 aromatic heterocycles. The molecule has 4 aromatic rings. The molecule has 35 heavy (non-hydrogen) atoms. The monoisotopic (exact) mass is 552 g/mol. The molecule has 1 aliphatic carbocycles. The van der Waals surface area contributed by atoms with E-state index in [9.17, 15) is 4.79 Å². The van der Waals surface area contributed by atoms with Crippen molar-refractivity contribution in [3.63, 3.8) is 0 Å². The number of urea groups is 1. The van der Waals surface area contributed by atoms with Crippen LogP contribution in [0.5, 0.6) is 0 Å². The van der Waals surface area contributed by atoms with Crippen molar-refractivity contribution in [3.05, 3.63) is 81.9 Å². The first-order chi connectivity index (χ1) is 17.1. The summed E-state index contributed by atoms with van der Waals surface area (Å²) in [5, 5.41) is 14.6. The molecule has 9 heteroatoms. The van der Waals surface area contributed by atoms with Gasteiger partial charge in [0.1, 0.15) is 5.82 Å². The van der Waals surface area contributed by atoms with Gasteiger partial charge in [0.15, 0.2) is 5.65 Å². The maximum atomic E-state index is 12.2. The molecule has 0 radical (unpaired) electrons. The Labute approximate surface area is 217 Å². The van der Waals surface area contributed by atoms with E-state index in [-0.39, 0.29) is 12.1 Å². The van der Waals surface area contributed by atoms with Gasteiger partial charge in [-0.25, -0.2) is 9.78 Å². The molecule has 5 rings (SSSR count). The summed E-state index contributed by atoms with van der Waals surface area (Å²) < 4.78 is 2.59. The van der Waals surface area contributed by atoms with Gasteiger partial charge in [0.2, 0.25) is 0 Å². The summed E-state index contributed by atoms with van der Waals surface area (Å²) in [7, 11) is 0. The fourth-order valence-corrected chi connectivity index (χ4v) is 4.76. The fraction of sp³-hybridized carbons (Fsp3) is 0.269. The molecule has 0 bridgehead atoms. The lowest BCUT2D eigenvalue weighted by Gasteiger charge is -2.12. The Balaban J connectivity index is 1.10. The van der Waals surface area contributed by atoms with Crippen molar-refractivity contribution in [1.29, 1.82) is 0 Å². The predicted molar refractivity (Wildman–Crippen MR) is 143 cm³/mol. The summed E-state index contributed by atoms with van der Waals surface area (Å²) in [4.78, 5) is 16.9. The van der Waals surface area contributed by atoms with Crippen LogP contribution in [0.4, 0.5) is 10.6 Å². The lowest BCUT2D eigenvalue weighted by atomic mass is 10.1. The molecule has 2 amide bonds. The van der Waals surface area contributed by atoms with Gasteiger partial charge < -0.3 is 16.0 Å². The summed E-state index contributed by atoms with van der Waals surface area (Å²) in [5.74, 6) is 1.27. The SMILES string of the molecule is O=C(NCCCCNc1cc(-c2ccccc2Cl)nc2c(Br)cnn12)N[C@@H]1CC1c1ccccc1. The topological polar surface area (TPSA) is 83.3 Å². The van der Waals surface area contributed by atoms with Crippen LogP contribution in [0, 0.1) is 0 Å². The number of aromatic nitrogens is 3. The molecule has 1 unspecified atom stereocenters. The van der Waals surface area contributed by atoms with Crippen LogP contribution < -0.4 is 16.0 Å². The zero-order valence-electron chi connectivity index (χ0n) is 19.0. The van der Waals surface area contributed by atoms with Gasteiger partial charge in [-0.1, -0.05) is 60.1 Å². The highest BCUT2D eigenvalue weighted by Crippen LogP contribution is 2.40. The second-order valence-electron chi connectivity index (χ2n) is 8.63. The number of carbonyl (C=O) groups is 1. The average molecular weight is 554 g/mol. The number of fused-ring (bicyclic) bond motifs is 1. The van der Waals surface area contributed by atoms with Crippen molar-refractivity contribution in [2.24, 2.45) is 0 Å². The Hall–Kier alpha value is -3.10. The largest absolute Gasteiger partial charge is 0.370 e. The van der Waals surface area contributed by atoms with Gasteiger partial charge in [0.25, 0.3) is 0 Å². The van der Waals surface area contributed by atoms with E-state index in [1.807, 2.05) is 48.5 Å². The van der Waals surface area contributed by atoms with Gasteiger partial charge in [0.05, 0.1) is 16.4 Å². The lowest BCUT2D eigenvalue weighted by molar-refractivity contribution is 0.240. The van der Waals surface area contributed by atoms with E-state index >= 15 is 0 Å². The number of rotatable bonds is 9. The molecule has 1 aliphatic rings. The van der Waals surface area contributed by atoms with E-state index in [4.69, 9.17) is 16.6 Å². The highest BCUT2D eigenvalue weighted by atomic mass is 79.9. The molecule has 0 spiro atoms. The minimum atomic E-state index is -0.0944. The van der Waals surface area contributed by atoms with E-state index < -0.39 is 0 Å². The van der Waals surface area contributed by atoms with Gasteiger partial charge in [0, 0.05) is 41.7 Å². The summed E-state index contributed by atoms with van der Waals surface area (Å²) in [5.41, 5.74) is 3.65. The molecule has 3 N–H and O–H groups in total. The number of unbranched alkanes of at least 4 members (excludes halogenated alkanes) is 1. The second-order valence-corrected chi connectivity index (χ2v) is 9.89. The minimum absolute atomic E-state index is 0.0944. The molecule has 2 heterocycles. The van der Waals surface area contributed by atoms with Crippen LogP contribution >= 0.6 is 27.5 Å². The van der Waals surface area contributed by atoms with Crippen LogP contribution in [0.2, 0.25) is 5.02 Å². The molecule has 7 nitrogen and oxygen atoms in total. The maximum Gasteiger partial charge on any atom is 0.315 e. The summed E-state index contributed by atoms with van der Waals surface area (Å²) in [6.45, 7) is 1.36. The van der Waals surface area contributed by atoms with Gasteiger partial charge >= 0.3 is 6.03 Å². The number of halogens is 2. The molecule has 2 atom stereocenters. The number of anilines is 1. The number of hydrogen-bond donors (Lipinski definition) is 3. The molecule has 1 fully saturated rings. The van der Waals surface area contributed by atoms with E-state index in [0.717, 1.165) is 53.0 Å². The van der Waals surface area contributed by atoms with Crippen molar-refractivity contribution < 1.29 is 4.79 Å². The second kappa shape index (κ2) is 10.7. The number of nitrogens with zero attached hydrogens (tertiary/aromatic N) is 3. The standard InChI is InChI=1S/C26H26BrClN6O/c27-20-16-31-34-24(15-23(32-25(20)34)18-10-4-5-11-21(18)28)29-12-6-7-13-30-26(35)33-22-14-19(22)17-8-2-1-3-9-17/h1-5,8-11,15-16,19,22,29H,6-7,12-14H2,(H2,30,33,35)/t19?,22-/m1/s1. The number of hydrogen-bond acceptors (Lipinski definition) is 4. The van der Waals surface area contributed by atoms with Crippen LogP contribution in [0.25, 0.3) is 16.9 Å². The Morgan fingerprint density at radius 2 is 1.86 bits per heavy atom. The van der Waals surface area contributed by atoms with E-state index in [1.54, 1.807) is 10.7 Å². The third-order valence-corrected chi connectivity index (χ3v) is 7.00. The normalized spacial score (nSPS) is 16.7. The fourth-order valence-electron chi connectivity index (χ4n) is 4.18. The molecule has 0 aliphatic heterocycles. The Kier molecular flexibility index (Phi) is 7.20. The van der Waals surface area contributed by atoms with Crippen molar-refractivity contribution in [1.82, 2.24) is 25.2 Å². The zero-order valence-corrected chi connectivity index (χ0v) is 21.4. The highest BCUT2D eigenvalue weighted by Gasteiger charge is 2.39. The molecule has 0 saturated heterocycles. The highest BCUT2D eigenvalue weighted by molar-refractivity contribution is 9.10. The first kappa shape index (κ1) is 23.6. The van der Waals surface area contributed by atoms with Crippen LogP contribution in [-0.2, 0) is 0 Å². The van der Waals surface area contributed by atoms with E-state index in [1.165, 1.54) is 5.56 Å². The zero-order chi connectivity index (χ0) is 24.2. The lowest BCUT2D eigenvalue weighted by Crippen LogP contribution is -2.37. The Morgan fingerprint density at radius 1 is 1.09 bits per heavy atom. The molecule has 180 valence electrons. The third kappa shape index (κ3) is 5.60. The molecular formula is C26H26BrClN6O. The number of amides is 2. The Bertz CT molecular complexity index is 1330. The molecular weight excluding hydrogens is 528 g/mol. The van der Waals surface area contributed by atoms with E-state index in [0.29, 0.717) is 17.5 Å². The average Bonchev–Trinajstić information content (AvgIpc) is 3.54. The quantitative estimate of drug-likeness (QED) is 0.227. The van der Waals surface area contributed by atoms with Gasteiger partial charge in [-0.2, -0.15) is 9.61 Å². The minimum Gasteiger partial charge on any atom is -0.370 e. The van der Waals surface area contributed by atoms with Crippen molar-refractivity contribution >= 4 is 45.0 Å². The van der Waals surface area contributed by atoms with Crippen molar-refractivity contribution in [3.8, 4) is 11.3 Å². The predicted octanol–water partition coefficient (Wildman–Crippen LogP) is 5.86. The van der Waals surface area contributed by atoms with Crippen LogP contribution in [0.15, 0.2) is 71.3 Å². The number of carbonyl (C=O) groups excluding carboxylic acids is 1. The van der Waals surface area contributed by atoms with Gasteiger partial charge in [-0.3, -0.25) is 0 Å². The number of benzene rings is 2. The van der Waals surface area contributed by atoms with Gasteiger partial charge in [-0.05, 0) is 46.8 Å². The van der Waals surface area contributed by atoms with Crippen LogP contribution in [0.3, 0.4) is 0 Å². The summed E-state index contributed by atoms with van der Waals surface area (Å²) in [6.07, 6.45) is 4.49. The smallest absolute Gasteiger partial charge is 0.315 e. The first-order valence-corrected chi connectivity index (χ1v) is 12.9. The maximum absolute atomic E-state index is 12.2. The van der Waals surface area contributed by atoms with Crippen molar-refractivity contribution in [2.45, 2.75) is 31.2 Å². The van der Waals surface area contributed by atoms with E-state index in [2.05, 4.69) is 49.1 Å². The Morgan fingerprint density at radius 3 is 2.69 bits per heavy atom. The van der Waals surface area contributed by atoms with Crippen LogP contribution in [0.1, 0.15) is 30.7 Å². The summed E-state index contributed by atoms with van der Waals surface area (Å²) >= 11 is 9.93. The molecule has 1 saturated carbocycles. The van der Waals surface area contributed by atoms with Gasteiger partial charge in [-0.15, -0.1) is 0 Å². The third-order valence-electron chi connectivity index (χ3n) is 6.11.